The first-order valence-corrected chi connectivity index (χ1v) is 9.75. The third kappa shape index (κ3) is 4.22. The maximum Gasteiger partial charge on any atom is 0.309 e. The first kappa shape index (κ1) is 18.2. The summed E-state index contributed by atoms with van der Waals surface area (Å²) < 4.78 is 5.09. The van der Waals surface area contributed by atoms with Gasteiger partial charge in [-0.1, -0.05) is 48.5 Å². The van der Waals surface area contributed by atoms with Crippen molar-refractivity contribution in [2.24, 2.45) is 5.92 Å². The maximum atomic E-state index is 11.8. The van der Waals surface area contributed by atoms with E-state index in [1.165, 1.54) is 16.7 Å². The van der Waals surface area contributed by atoms with Crippen molar-refractivity contribution in [1.29, 1.82) is 0 Å². The summed E-state index contributed by atoms with van der Waals surface area (Å²) in [5, 5.41) is 3.43. The molecule has 2 atom stereocenters. The Balaban J connectivity index is 1.35. The molecule has 1 heterocycles. The van der Waals surface area contributed by atoms with Gasteiger partial charge in [-0.25, -0.2) is 0 Å². The van der Waals surface area contributed by atoms with Crippen molar-refractivity contribution < 1.29 is 9.53 Å². The second kappa shape index (κ2) is 8.26. The Hall–Kier alpha value is -3.14. The fourth-order valence-corrected chi connectivity index (χ4v) is 3.46. The van der Waals surface area contributed by atoms with Gasteiger partial charge in [0, 0.05) is 18.2 Å². The summed E-state index contributed by atoms with van der Waals surface area (Å²) in [7, 11) is 0. The van der Waals surface area contributed by atoms with E-state index in [4.69, 9.17) is 4.74 Å². The number of hydrogen-bond acceptors (Lipinski definition) is 4. The number of anilines is 1. The third-order valence-corrected chi connectivity index (χ3v) is 5.08. The molecule has 4 rings (SSSR count). The number of ether oxygens (including phenoxy) is 1. The molecule has 1 N–H and O–H groups in total. The molecule has 2 aromatic carbocycles. The summed E-state index contributed by atoms with van der Waals surface area (Å²) in [6, 6.07) is 23.0. The highest BCUT2D eigenvalue weighted by Gasteiger charge is 2.46. The van der Waals surface area contributed by atoms with Gasteiger partial charge in [0.05, 0.1) is 24.4 Å². The lowest BCUT2D eigenvalue weighted by Gasteiger charge is -2.09. The zero-order valence-electron chi connectivity index (χ0n) is 16.0. The van der Waals surface area contributed by atoms with Gasteiger partial charge in [0.2, 0.25) is 0 Å². The molecule has 28 heavy (non-hydrogen) atoms. The molecule has 0 saturated heterocycles. The van der Waals surface area contributed by atoms with Crippen molar-refractivity contribution in [2.45, 2.75) is 25.8 Å². The van der Waals surface area contributed by atoms with Gasteiger partial charge in [-0.15, -0.1) is 0 Å². The SMILES string of the molecule is CCOC(=O)C1CC1c1ccc(NCc2cccc(-c3ccccc3)c2)cn1. The molecule has 1 aromatic heterocycles. The molecule has 0 radical (unpaired) electrons. The number of aromatic nitrogens is 1. The number of pyridine rings is 1. The van der Waals surface area contributed by atoms with Crippen LogP contribution in [0.15, 0.2) is 72.9 Å². The van der Waals surface area contributed by atoms with Gasteiger partial charge in [0.1, 0.15) is 0 Å². The Bertz CT molecular complexity index is 938. The molecule has 1 aliphatic carbocycles. The number of rotatable bonds is 7. The summed E-state index contributed by atoms with van der Waals surface area (Å²) in [5.74, 6) is 0.0810. The molecule has 142 valence electrons. The fraction of sp³-hybridized carbons (Fsp3) is 0.250. The predicted octanol–water partition coefficient (Wildman–Crippen LogP) is 5.03. The monoisotopic (exact) mass is 372 g/mol. The van der Waals surface area contributed by atoms with Crippen LogP contribution in [0.1, 0.15) is 30.5 Å². The van der Waals surface area contributed by atoms with E-state index < -0.39 is 0 Å². The van der Waals surface area contributed by atoms with E-state index >= 15 is 0 Å². The minimum absolute atomic E-state index is 0.0213. The van der Waals surface area contributed by atoms with Crippen molar-refractivity contribution >= 4 is 11.7 Å². The van der Waals surface area contributed by atoms with Gasteiger partial charge < -0.3 is 10.1 Å². The van der Waals surface area contributed by atoms with Gasteiger partial charge in [-0.05, 0) is 48.2 Å². The normalized spacial score (nSPS) is 17.8. The van der Waals surface area contributed by atoms with Gasteiger partial charge in [0.25, 0.3) is 0 Å². The summed E-state index contributed by atoms with van der Waals surface area (Å²) in [6.07, 6.45) is 2.68. The minimum Gasteiger partial charge on any atom is -0.466 e. The number of carbonyl (C=O) groups excluding carboxylic acids is 1. The molecule has 0 amide bonds. The smallest absolute Gasteiger partial charge is 0.309 e. The van der Waals surface area contributed by atoms with Crippen LogP contribution in [0.2, 0.25) is 0 Å². The summed E-state index contributed by atoms with van der Waals surface area (Å²) in [4.78, 5) is 16.3. The molecule has 3 aromatic rings. The van der Waals surface area contributed by atoms with Crippen LogP contribution in [-0.2, 0) is 16.1 Å². The summed E-state index contributed by atoms with van der Waals surface area (Å²) in [5.41, 5.74) is 5.59. The lowest BCUT2D eigenvalue weighted by atomic mass is 10.0. The second-order valence-corrected chi connectivity index (χ2v) is 7.09. The quantitative estimate of drug-likeness (QED) is 0.591. The number of nitrogens with one attached hydrogen (secondary N) is 1. The summed E-state index contributed by atoms with van der Waals surface area (Å²) in [6.45, 7) is 3.00. The minimum atomic E-state index is -0.102. The van der Waals surface area contributed by atoms with Crippen molar-refractivity contribution in [2.75, 3.05) is 11.9 Å². The van der Waals surface area contributed by atoms with E-state index in [1.54, 1.807) is 0 Å². The topological polar surface area (TPSA) is 51.2 Å². The Morgan fingerprint density at radius 2 is 1.89 bits per heavy atom. The standard InChI is InChI=1S/C24H24N2O2/c1-2-28-24(27)22-14-21(22)23-12-11-20(16-26-23)25-15-17-7-6-10-19(13-17)18-8-4-3-5-9-18/h3-13,16,21-22,25H,2,14-15H2,1H3. The van der Waals surface area contributed by atoms with Crippen molar-refractivity contribution in [3.8, 4) is 11.1 Å². The number of nitrogens with zero attached hydrogens (tertiary/aromatic N) is 1. The highest BCUT2D eigenvalue weighted by atomic mass is 16.5. The van der Waals surface area contributed by atoms with E-state index in [1.807, 2.05) is 31.3 Å². The Kier molecular flexibility index (Phi) is 5.38. The second-order valence-electron chi connectivity index (χ2n) is 7.09. The lowest BCUT2D eigenvalue weighted by molar-refractivity contribution is -0.144. The first-order valence-electron chi connectivity index (χ1n) is 9.75. The molecule has 0 bridgehead atoms. The average molecular weight is 372 g/mol. The highest BCUT2D eigenvalue weighted by molar-refractivity contribution is 5.77. The average Bonchev–Trinajstić information content (AvgIpc) is 3.55. The van der Waals surface area contributed by atoms with Crippen LogP contribution >= 0.6 is 0 Å². The molecule has 1 aliphatic rings. The van der Waals surface area contributed by atoms with Crippen molar-refractivity contribution in [3.63, 3.8) is 0 Å². The van der Waals surface area contributed by atoms with E-state index in [9.17, 15) is 4.79 Å². The number of esters is 1. The van der Waals surface area contributed by atoms with Gasteiger partial charge in [-0.3, -0.25) is 9.78 Å². The van der Waals surface area contributed by atoms with Crippen molar-refractivity contribution in [3.05, 3.63) is 84.2 Å². The Morgan fingerprint density at radius 1 is 1.07 bits per heavy atom. The first-order chi connectivity index (χ1) is 13.7. The molecule has 1 saturated carbocycles. The van der Waals surface area contributed by atoms with Crippen LogP contribution in [0.4, 0.5) is 5.69 Å². The van der Waals surface area contributed by atoms with Crippen LogP contribution in [0.25, 0.3) is 11.1 Å². The Morgan fingerprint density at radius 3 is 2.64 bits per heavy atom. The molecule has 0 aliphatic heterocycles. The molecule has 0 spiro atoms. The van der Waals surface area contributed by atoms with Gasteiger partial charge in [-0.2, -0.15) is 0 Å². The molecular formula is C24H24N2O2. The zero-order chi connectivity index (χ0) is 19.3. The predicted molar refractivity (Wildman–Crippen MR) is 111 cm³/mol. The van der Waals surface area contributed by atoms with Crippen LogP contribution in [0.3, 0.4) is 0 Å². The lowest BCUT2D eigenvalue weighted by Crippen LogP contribution is -2.07. The van der Waals surface area contributed by atoms with Crippen LogP contribution in [0, 0.1) is 5.92 Å². The van der Waals surface area contributed by atoms with Gasteiger partial charge >= 0.3 is 5.97 Å². The van der Waals surface area contributed by atoms with Crippen LogP contribution in [0.5, 0.6) is 0 Å². The largest absolute Gasteiger partial charge is 0.466 e. The van der Waals surface area contributed by atoms with Crippen LogP contribution in [-0.4, -0.2) is 17.6 Å². The summed E-state index contributed by atoms with van der Waals surface area (Å²) >= 11 is 0. The van der Waals surface area contributed by atoms with E-state index in [-0.39, 0.29) is 17.8 Å². The van der Waals surface area contributed by atoms with E-state index in [0.717, 1.165) is 24.3 Å². The molecule has 4 nitrogen and oxygen atoms in total. The fourth-order valence-electron chi connectivity index (χ4n) is 3.46. The number of carbonyl (C=O) groups is 1. The Labute approximate surface area is 165 Å². The number of hydrogen-bond donors (Lipinski definition) is 1. The zero-order valence-corrected chi connectivity index (χ0v) is 16.0. The third-order valence-electron chi connectivity index (χ3n) is 5.08. The highest BCUT2D eigenvalue weighted by Crippen LogP contribution is 2.47. The van der Waals surface area contributed by atoms with E-state index in [0.29, 0.717) is 6.61 Å². The van der Waals surface area contributed by atoms with Gasteiger partial charge in [0.15, 0.2) is 0 Å². The molecule has 2 unspecified atom stereocenters. The molecular weight excluding hydrogens is 348 g/mol. The molecule has 1 fully saturated rings. The van der Waals surface area contributed by atoms with E-state index in [2.05, 4.69) is 58.8 Å². The number of benzene rings is 2. The van der Waals surface area contributed by atoms with Crippen molar-refractivity contribution in [1.82, 2.24) is 4.98 Å². The molecule has 4 heteroatoms. The van der Waals surface area contributed by atoms with Crippen LogP contribution < -0.4 is 5.32 Å². The maximum absolute atomic E-state index is 11.8.